The molecular formula is C23H20N4O5. The molecule has 0 radical (unpaired) electrons. The molecular weight excluding hydrogens is 412 g/mol. The number of nitriles is 1. The van der Waals surface area contributed by atoms with Crippen LogP contribution in [0.4, 0.5) is 0 Å². The molecule has 0 saturated carbocycles. The zero-order chi connectivity index (χ0) is 23.3. The highest BCUT2D eigenvalue weighted by atomic mass is 16.5. The molecule has 2 aromatic carbocycles. The van der Waals surface area contributed by atoms with Crippen molar-refractivity contribution < 1.29 is 23.8 Å². The summed E-state index contributed by atoms with van der Waals surface area (Å²) < 4.78 is 15.9. The number of hydrazone groups is 1. The van der Waals surface area contributed by atoms with E-state index in [1.165, 1.54) is 20.4 Å². The smallest absolute Gasteiger partial charge is 0.276 e. The molecule has 3 rings (SSSR count). The second kappa shape index (κ2) is 9.49. The number of carbonyl (C=O) groups excluding carboxylic acids is 2. The van der Waals surface area contributed by atoms with Crippen LogP contribution in [-0.2, 0) is 4.79 Å². The van der Waals surface area contributed by atoms with Gasteiger partial charge in [0.15, 0.2) is 11.5 Å². The number of rotatable bonds is 5. The van der Waals surface area contributed by atoms with E-state index in [0.29, 0.717) is 17.1 Å². The number of carbonyl (C=O) groups is 2. The van der Waals surface area contributed by atoms with Crippen molar-refractivity contribution in [2.75, 3.05) is 14.2 Å². The van der Waals surface area contributed by atoms with E-state index in [4.69, 9.17) is 19.9 Å². The first-order valence-electron chi connectivity index (χ1n) is 9.38. The molecule has 1 aliphatic heterocycles. The number of nitrogens with one attached hydrogen (secondary N) is 1. The molecule has 0 bridgehead atoms. The Morgan fingerprint density at radius 3 is 2.62 bits per heavy atom. The average molecular weight is 432 g/mol. The Morgan fingerprint density at radius 1 is 1.19 bits per heavy atom. The number of fused-ring (bicyclic) bond motifs is 1. The fourth-order valence-electron chi connectivity index (χ4n) is 2.93. The average Bonchev–Trinajstić information content (AvgIpc) is 2.79. The summed E-state index contributed by atoms with van der Waals surface area (Å²) in [6.07, 6.45) is 2.47. The predicted octanol–water partition coefficient (Wildman–Crippen LogP) is 2.36. The van der Waals surface area contributed by atoms with Crippen molar-refractivity contribution in [3.05, 3.63) is 76.2 Å². The van der Waals surface area contributed by atoms with Gasteiger partial charge in [-0.2, -0.15) is 10.4 Å². The molecule has 2 aromatic rings. The van der Waals surface area contributed by atoms with Crippen molar-refractivity contribution in [2.24, 2.45) is 10.8 Å². The number of ether oxygens (including phenoxy) is 3. The quantitative estimate of drug-likeness (QED) is 0.547. The highest BCUT2D eigenvalue weighted by molar-refractivity contribution is 6.14. The minimum absolute atomic E-state index is 0.151. The number of Topliss-reactive ketones (excluding diaryl/α,β-unsaturated/α-hetero) is 1. The van der Waals surface area contributed by atoms with Crippen molar-refractivity contribution in [3.8, 4) is 23.3 Å². The monoisotopic (exact) mass is 432 g/mol. The fourth-order valence-corrected chi connectivity index (χ4v) is 2.93. The second-order valence-corrected chi connectivity index (χ2v) is 6.69. The number of methoxy groups -OCH3 is 2. The Kier molecular flexibility index (Phi) is 6.56. The molecule has 1 amide bonds. The number of aryl methyl sites for hydroxylation is 1. The Morgan fingerprint density at radius 2 is 1.94 bits per heavy atom. The molecule has 9 nitrogen and oxygen atoms in total. The maximum absolute atomic E-state index is 12.7. The van der Waals surface area contributed by atoms with Crippen LogP contribution in [0.1, 0.15) is 21.5 Å². The number of nitrogens with two attached hydrogens (primary N) is 1. The summed E-state index contributed by atoms with van der Waals surface area (Å²) in [5.41, 5.74) is 9.45. The third-order valence-corrected chi connectivity index (χ3v) is 4.55. The Hall–Kier alpha value is -4.58. The second-order valence-electron chi connectivity index (χ2n) is 6.69. The number of benzene rings is 2. The van der Waals surface area contributed by atoms with Gasteiger partial charge >= 0.3 is 0 Å². The summed E-state index contributed by atoms with van der Waals surface area (Å²) in [4.78, 5) is 25.4. The molecule has 0 spiro atoms. The van der Waals surface area contributed by atoms with Crippen LogP contribution in [0.3, 0.4) is 0 Å². The van der Waals surface area contributed by atoms with E-state index < -0.39 is 11.7 Å². The van der Waals surface area contributed by atoms with Crippen molar-refractivity contribution in [1.29, 1.82) is 5.26 Å². The van der Waals surface area contributed by atoms with E-state index >= 15 is 0 Å². The van der Waals surface area contributed by atoms with Crippen LogP contribution in [0, 0.1) is 18.3 Å². The van der Waals surface area contributed by atoms with Gasteiger partial charge in [-0.3, -0.25) is 9.59 Å². The lowest BCUT2D eigenvalue weighted by atomic mass is 9.98. The topological polar surface area (TPSA) is 136 Å². The molecule has 9 heteroatoms. The van der Waals surface area contributed by atoms with Gasteiger partial charge in [0, 0.05) is 0 Å². The largest absolute Gasteiger partial charge is 0.493 e. The van der Waals surface area contributed by atoms with Gasteiger partial charge in [0.25, 0.3) is 5.91 Å². The lowest BCUT2D eigenvalue weighted by Crippen LogP contribution is -2.26. The van der Waals surface area contributed by atoms with Gasteiger partial charge in [0.2, 0.25) is 11.7 Å². The van der Waals surface area contributed by atoms with E-state index in [2.05, 4.69) is 10.5 Å². The maximum Gasteiger partial charge on any atom is 0.276 e. The van der Waals surface area contributed by atoms with E-state index in [-0.39, 0.29) is 28.3 Å². The summed E-state index contributed by atoms with van der Waals surface area (Å²) in [5, 5.41) is 13.3. The van der Waals surface area contributed by atoms with Gasteiger partial charge < -0.3 is 19.9 Å². The van der Waals surface area contributed by atoms with Gasteiger partial charge in [0.05, 0.1) is 26.0 Å². The summed E-state index contributed by atoms with van der Waals surface area (Å²) in [6.45, 7) is 1.80. The number of hydrogen-bond acceptors (Lipinski definition) is 8. The molecule has 0 atom stereocenters. The van der Waals surface area contributed by atoms with Crippen LogP contribution in [0.5, 0.6) is 17.2 Å². The SMILES string of the molecule is COc1ccc(/C=N/NC(=O)C2=C(\N)Oc3ccc(C)cc3C(=O)/C(C#N)=C\2)cc1OC. The Bertz CT molecular complexity index is 1220. The molecule has 162 valence electrons. The summed E-state index contributed by atoms with van der Waals surface area (Å²) in [6, 6.07) is 11.8. The van der Waals surface area contributed by atoms with Crippen molar-refractivity contribution in [1.82, 2.24) is 5.43 Å². The molecule has 1 heterocycles. The first kappa shape index (κ1) is 22.1. The maximum atomic E-state index is 12.7. The van der Waals surface area contributed by atoms with E-state index in [1.54, 1.807) is 43.3 Å². The first-order valence-corrected chi connectivity index (χ1v) is 9.38. The van der Waals surface area contributed by atoms with Crippen LogP contribution in [0.15, 0.2) is 64.6 Å². The number of hydrogen-bond donors (Lipinski definition) is 2. The normalized spacial score (nSPS) is 17.2. The zero-order valence-corrected chi connectivity index (χ0v) is 17.6. The number of ketones is 1. The molecule has 1 aliphatic rings. The van der Waals surface area contributed by atoms with Crippen LogP contribution >= 0.6 is 0 Å². The van der Waals surface area contributed by atoms with Crippen LogP contribution in [-0.4, -0.2) is 32.1 Å². The van der Waals surface area contributed by atoms with Gasteiger partial charge in [0.1, 0.15) is 23.0 Å². The van der Waals surface area contributed by atoms with Crippen LogP contribution in [0.2, 0.25) is 0 Å². The van der Waals surface area contributed by atoms with E-state index in [9.17, 15) is 14.9 Å². The van der Waals surface area contributed by atoms with Crippen molar-refractivity contribution >= 4 is 17.9 Å². The van der Waals surface area contributed by atoms with Crippen molar-refractivity contribution in [3.63, 3.8) is 0 Å². The van der Waals surface area contributed by atoms with Gasteiger partial charge in [-0.05, 0) is 48.9 Å². The molecule has 3 N–H and O–H groups in total. The lowest BCUT2D eigenvalue weighted by Gasteiger charge is -2.16. The molecule has 0 unspecified atom stereocenters. The molecule has 0 aliphatic carbocycles. The molecule has 0 saturated heterocycles. The zero-order valence-electron chi connectivity index (χ0n) is 17.6. The highest BCUT2D eigenvalue weighted by Gasteiger charge is 2.25. The predicted molar refractivity (Wildman–Crippen MR) is 116 cm³/mol. The third-order valence-electron chi connectivity index (χ3n) is 4.55. The summed E-state index contributed by atoms with van der Waals surface area (Å²) in [5.74, 6) is -0.398. The van der Waals surface area contributed by atoms with Gasteiger partial charge in [-0.1, -0.05) is 11.6 Å². The lowest BCUT2D eigenvalue weighted by molar-refractivity contribution is -0.117. The number of nitrogens with zero attached hydrogens (tertiary/aromatic N) is 2. The minimum Gasteiger partial charge on any atom is -0.493 e. The van der Waals surface area contributed by atoms with Gasteiger partial charge in [-0.25, -0.2) is 5.43 Å². The van der Waals surface area contributed by atoms with Crippen molar-refractivity contribution in [2.45, 2.75) is 6.92 Å². The van der Waals surface area contributed by atoms with Gasteiger partial charge in [-0.15, -0.1) is 0 Å². The Balaban J connectivity index is 1.88. The van der Waals surface area contributed by atoms with Crippen LogP contribution < -0.4 is 25.4 Å². The van der Waals surface area contributed by atoms with E-state index in [0.717, 1.165) is 11.6 Å². The first-order chi connectivity index (χ1) is 15.4. The fraction of sp³-hybridized carbons (Fsp3) is 0.130. The van der Waals surface area contributed by atoms with E-state index in [1.807, 2.05) is 6.07 Å². The summed E-state index contributed by atoms with van der Waals surface area (Å²) in [7, 11) is 3.03. The number of allylic oxidation sites excluding steroid dienone is 1. The third kappa shape index (κ3) is 4.60. The molecule has 32 heavy (non-hydrogen) atoms. The van der Waals surface area contributed by atoms with Crippen LogP contribution in [0.25, 0.3) is 0 Å². The minimum atomic E-state index is -0.754. The number of amides is 1. The standard InChI is InChI=1S/C23H20N4O5/c1-13-4-6-18-16(8-13)21(28)15(11-24)10-17(22(25)32-18)23(29)27-26-12-14-5-7-19(30-2)20(9-14)31-3/h4-10,12H,25H2,1-3H3,(H,27,29)/b15-10-,22-17+,26-12+. The highest BCUT2D eigenvalue weighted by Crippen LogP contribution is 2.28. The summed E-state index contributed by atoms with van der Waals surface area (Å²) >= 11 is 0. The molecule has 0 aromatic heterocycles. The molecule has 0 fully saturated rings. The Labute approximate surface area is 184 Å².